The van der Waals surface area contributed by atoms with Crippen LogP contribution < -0.4 is 5.73 Å². The fourth-order valence-corrected chi connectivity index (χ4v) is 8.03. The number of hydrogen-bond donors (Lipinski definition) is 2. The van der Waals surface area contributed by atoms with Gasteiger partial charge in [-0.2, -0.15) is 0 Å². The second-order valence-electron chi connectivity index (χ2n) is 17.7. The summed E-state index contributed by atoms with van der Waals surface area (Å²) in [5.41, 5.74) is 5.36. The molecule has 0 heterocycles. The number of phosphoric acid groups is 1. The van der Waals surface area contributed by atoms with E-state index in [0.29, 0.717) is 6.42 Å². The molecule has 0 saturated heterocycles. The van der Waals surface area contributed by atoms with Crippen LogP contribution in [0.25, 0.3) is 0 Å². The van der Waals surface area contributed by atoms with Gasteiger partial charge in [0.2, 0.25) is 0 Å². The number of phosphoric ester groups is 1. The summed E-state index contributed by atoms with van der Waals surface area (Å²) in [4.78, 5) is 35.0. The van der Waals surface area contributed by atoms with E-state index in [1.807, 2.05) is 0 Å². The first-order chi connectivity index (χ1) is 32.8. The smallest absolute Gasteiger partial charge is 0.462 e. The molecule has 10 heteroatoms. The van der Waals surface area contributed by atoms with Gasteiger partial charge in [0, 0.05) is 19.4 Å². The molecule has 0 aliphatic rings. The third-order valence-corrected chi connectivity index (χ3v) is 12.2. The molecule has 2 unspecified atom stereocenters. The van der Waals surface area contributed by atoms with Crippen molar-refractivity contribution in [3.63, 3.8) is 0 Å². The summed E-state index contributed by atoms with van der Waals surface area (Å²) in [6.45, 7) is 3.57. The van der Waals surface area contributed by atoms with Crippen molar-refractivity contribution in [3.05, 3.63) is 85.1 Å². The lowest BCUT2D eigenvalue weighted by Gasteiger charge is -2.19. The van der Waals surface area contributed by atoms with Crippen LogP contribution in [0.1, 0.15) is 232 Å². The van der Waals surface area contributed by atoms with Crippen LogP contribution in [0.3, 0.4) is 0 Å². The minimum atomic E-state index is -4.38. The third kappa shape index (κ3) is 52.4. The molecule has 0 radical (unpaired) electrons. The van der Waals surface area contributed by atoms with E-state index in [2.05, 4.69) is 98.9 Å². The Morgan fingerprint density at radius 1 is 0.463 bits per heavy atom. The lowest BCUT2D eigenvalue weighted by Crippen LogP contribution is -2.29. The number of ether oxygens (including phenoxy) is 2. The summed E-state index contributed by atoms with van der Waals surface area (Å²) in [5.74, 6) is -0.839. The maximum Gasteiger partial charge on any atom is 0.472 e. The van der Waals surface area contributed by atoms with E-state index in [9.17, 15) is 19.0 Å². The van der Waals surface area contributed by atoms with Crippen LogP contribution in [0.5, 0.6) is 0 Å². The average Bonchev–Trinajstić information content (AvgIpc) is 3.32. The van der Waals surface area contributed by atoms with Crippen LogP contribution >= 0.6 is 7.82 Å². The number of unbranched alkanes of at least 4 members (excludes halogenated alkanes) is 23. The minimum absolute atomic E-state index is 0.0504. The summed E-state index contributed by atoms with van der Waals surface area (Å²) in [6.07, 6.45) is 67.9. The van der Waals surface area contributed by atoms with E-state index < -0.39 is 32.5 Å². The van der Waals surface area contributed by atoms with Crippen molar-refractivity contribution >= 4 is 19.8 Å². The van der Waals surface area contributed by atoms with Crippen molar-refractivity contribution in [2.75, 3.05) is 26.4 Å². The predicted molar refractivity (Wildman–Crippen MR) is 284 cm³/mol. The molecule has 9 nitrogen and oxygen atoms in total. The normalized spacial score (nSPS) is 13.8. The Labute approximate surface area is 411 Å². The SMILES string of the molecule is CC/C=C\C/C=C\C/C=C\C/C=C\C/C=C\C/C=C\CCCCCCCCCCCCCCCCCCC(=O)OC(COC(=O)CCCCCCC/C=C\CCCC)COP(=O)(O)OCCN. The number of hydrogen-bond acceptors (Lipinski definition) is 8. The van der Waals surface area contributed by atoms with Crippen LogP contribution in [0, 0.1) is 0 Å². The zero-order valence-corrected chi connectivity index (χ0v) is 43.8. The number of esters is 2. The van der Waals surface area contributed by atoms with Crippen LogP contribution in [0.2, 0.25) is 0 Å². The highest BCUT2D eigenvalue weighted by Gasteiger charge is 2.26. The zero-order valence-electron chi connectivity index (χ0n) is 42.9. The predicted octanol–water partition coefficient (Wildman–Crippen LogP) is 16.7. The van der Waals surface area contributed by atoms with E-state index in [-0.39, 0.29) is 32.6 Å². The maximum atomic E-state index is 12.6. The van der Waals surface area contributed by atoms with Gasteiger partial charge in [-0.1, -0.05) is 221 Å². The van der Waals surface area contributed by atoms with Gasteiger partial charge in [-0.25, -0.2) is 4.57 Å². The summed E-state index contributed by atoms with van der Waals surface area (Å²) in [5, 5.41) is 0. The van der Waals surface area contributed by atoms with Gasteiger partial charge in [0.1, 0.15) is 6.61 Å². The summed E-state index contributed by atoms with van der Waals surface area (Å²) < 4.78 is 32.9. The standard InChI is InChI=1S/C57H100NO8P/c1-3-5-7-9-11-13-15-16-17-18-19-20-21-22-23-24-25-26-27-28-29-30-31-32-33-34-35-36-37-38-40-42-44-46-48-50-57(60)66-55(54-65-67(61,62)64-52-51-58)53-63-56(59)49-47-45-43-41-39-14-12-10-8-6-4-2/h5,7,10-13,16-17,19-20,22-23,25-26,55H,3-4,6,8-9,14-15,18,21,24,27-54,58H2,1-2H3,(H,61,62)/b7-5-,12-10-,13-11-,17-16-,20-19-,23-22-,26-25-. The average molecular weight is 958 g/mol. The molecule has 0 amide bonds. The molecule has 0 aromatic heterocycles. The topological polar surface area (TPSA) is 134 Å². The Morgan fingerprint density at radius 3 is 1.24 bits per heavy atom. The molecule has 67 heavy (non-hydrogen) atoms. The molecule has 0 spiro atoms. The van der Waals surface area contributed by atoms with Crippen molar-refractivity contribution in [2.45, 2.75) is 238 Å². The van der Waals surface area contributed by atoms with Crippen molar-refractivity contribution in [3.8, 4) is 0 Å². The highest BCUT2D eigenvalue weighted by atomic mass is 31.2. The van der Waals surface area contributed by atoms with Gasteiger partial charge in [0.25, 0.3) is 0 Å². The molecule has 0 aromatic carbocycles. The summed E-state index contributed by atoms with van der Waals surface area (Å²) >= 11 is 0. The molecular formula is C57H100NO8P. The van der Waals surface area contributed by atoms with E-state index in [0.717, 1.165) is 103 Å². The number of allylic oxidation sites excluding steroid dienone is 14. The van der Waals surface area contributed by atoms with Gasteiger partial charge >= 0.3 is 19.8 Å². The monoisotopic (exact) mass is 958 g/mol. The molecule has 0 aliphatic carbocycles. The maximum absolute atomic E-state index is 12.6. The van der Waals surface area contributed by atoms with E-state index in [1.165, 1.54) is 96.3 Å². The van der Waals surface area contributed by atoms with Gasteiger partial charge in [-0.15, -0.1) is 0 Å². The lowest BCUT2D eigenvalue weighted by atomic mass is 10.0. The highest BCUT2D eigenvalue weighted by molar-refractivity contribution is 7.47. The first-order valence-electron chi connectivity index (χ1n) is 27.1. The number of carbonyl (C=O) groups excluding carboxylic acids is 2. The molecular weight excluding hydrogens is 858 g/mol. The molecule has 2 atom stereocenters. The van der Waals surface area contributed by atoms with Gasteiger partial charge < -0.3 is 20.1 Å². The van der Waals surface area contributed by atoms with Crippen molar-refractivity contribution in [1.29, 1.82) is 0 Å². The zero-order chi connectivity index (χ0) is 48.8. The fourth-order valence-electron chi connectivity index (χ4n) is 7.27. The Bertz CT molecular complexity index is 1370. The number of nitrogens with two attached hydrogens (primary N) is 1. The highest BCUT2D eigenvalue weighted by Crippen LogP contribution is 2.43. The molecule has 0 bridgehead atoms. The molecule has 0 saturated carbocycles. The van der Waals surface area contributed by atoms with Gasteiger partial charge in [-0.05, 0) is 83.5 Å². The fraction of sp³-hybridized carbons (Fsp3) is 0.719. The first kappa shape index (κ1) is 64.2. The van der Waals surface area contributed by atoms with Crippen molar-refractivity contribution in [2.24, 2.45) is 5.73 Å². The quantitative estimate of drug-likeness (QED) is 0.0264. The number of carbonyl (C=O) groups is 2. The van der Waals surface area contributed by atoms with Crippen LogP contribution in [0.4, 0.5) is 0 Å². The van der Waals surface area contributed by atoms with Crippen molar-refractivity contribution < 1.29 is 37.6 Å². The third-order valence-electron chi connectivity index (χ3n) is 11.3. The van der Waals surface area contributed by atoms with E-state index in [1.54, 1.807) is 0 Å². The lowest BCUT2D eigenvalue weighted by molar-refractivity contribution is -0.161. The van der Waals surface area contributed by atoms with E-state index >= 15 is 0 Å². The largest absolute Gasteiger partial charge is 0.472 e. The summed E-state index contributed by atoms with van der Waals surface area (Å²) in [7, 11) is -4.38. The molecule has 3 N–H and O–H groups in total. The second kappa shape index (κ2) is 52.6. The molecule has 0 rings (SSSR count). The number of rotatable bonds is 50. The molecule has 0 fully saturated rings. The Hall–Kier alpha value is -2.81. The molecule has 386 valence electrons. The van der Waals surface area contributed by atoms with E-state index in [4.69, 9.17) is 24.3 Å². The second-order valence-corrected chi connectivity index (χ2v) is 19.2. The van der Waals surface area contributed by atoms with Gasteiger partial charge in [-0.3, -0.25) is 18.6 Å². The molecule has 0 aliphatic heterocycles. The Kier molecular flexibility index (Phi) is 50.4. The first-order valence-corrected chi connectivity index (χ1v) is 28.6. The van der Waals surface area contributed by atoms with Crippen LogP contribution in [-0.4, -0.2) is 49.3 Å². The minimum Gasteiger partial charge on any atom is -0.462 e. The Balaban J connectivity index is 3.87. The van der Waals surface area contributed by atoms with Crippen LogP contribution in [0.15, 0.2) is 85.1 Å². The molecule has 0 aromatic rings. The summed E-state index contributed by atoms with van der Waals surface area (Å²) in [6, 6.07) is 0. The van der Waals surface area contributed by atoms with Crippen LogP contribution in [-0.2, 0) is 32.7 Å². The Morgan fingerprint density at radius 2 is 0.821 bits per heavy atom. The van der Waals surface area contributed by atoms with Gasteiger partial charge in [0.15, 0.2) is 6.10 Å². The van der Waals surface area contributed by atoms with Crippen molar-refractivity contribution in [1.82, 2.24) is 0 Å². The van der Waals surface area contributed by atoms with Gasteiger partial charge in [0.05, 0.1) is 13.2 Å².